The van der Waals surface area contributed by atoms with Crippen LogP contribution in [0.4, 0.5) is 0 Å². The summed E-state index contributed by atoms with van der Waals surface area (Å²) in [4.78, 5) is 12.4. The van der Waals surface area contributed by atoms with Crippen molar-refractivity contribution in [1.29, 1.82) is 0 Å². The van der Waals surface area contributed by atoms with E-state index in [0.29, 0.717) is 25.0 Å². The molecule has 1 heterocycles. The summed E-state index contributed by atoms with van der Waals surface area (Å²) in [7, 11) is -1.83. The van der Waals surface area contributed by atoms with Crippen molar-refractivity contribution < 1.29 is 23.4 Å². The van der Waals surface area contributed by atoms with Gasteiger partial charge >= 0.3 is 5.97 Å². The molecule has 0 bridgehead atoms. The summed E-state index contributed by atoms with van der Waals surface area (Å²) >= 11 is 0. The van der Waals surface area contributed by atoms with Crippen molar-refractivity contribution in [3.05, 3.63) is 12.7 Å². The van der Waals surface area contributed by atoms with E-state index in [2.05, 4.69) is 60.4 Å². The Kier molecular flexibility index (Phi) is 7.23. The van der Waals surface area contributed by atoms with Crippen LogP contribution < -0.4 is 0 Å². The topological polar surface area (TPSA) is 54.0 Å². The van der Waals surface area contributed by atoms with Gasteiger partial charge in [-0.2, -0.15) is 0 Å². The lowest BCUT2D eigenvalue weighted by Gasteiger charge is -2.57. The van der Waals surface area contributed by atoms with Crippen LogP contribution >= 0.6 is 0 Å². The average Bonchev–Trinajstić information content (AvgIpc) is 3.34. The van der Waals surface area contributed by atoms with Crippen molar-refractivity contribution in [1.82, 2.24) is 0 Å². The van der Waals surface area contributed by atoms with Crippen molar-refractivity contribution in [2.45, 2.75) is 123 Å². The van der Waals surface area contributed by atoms with Gasteiger partial charge in [0.25, 0.3) is 0 Å². The summed E-state index contributed by atoms with van der Waals surface area (Å²) in [5, 5.41) is 0.203. The molecular formula is C29H50O5Si. The Morgan fingerprint density at radius 2 is 1.66 bits per heavy atom. The fourth-order valence-electron chi connectivity index (χ4n) is 7.88. The fourth-order valence-corrected chi connectivity index (χ4v) is 9.28. The van der Waals surface area contributed by atoms with Crippen molar-refractivity contribution in [2.24, 2.45) is 28.6 Å². The first-order valence-corrected chi connectivity index (χ1v) is 16.9. The van der Waals surface area contributed by atoms with Gasteiger partial charge in [0.1, 0.15) is 6.10 Å². The van der Waals surface area contributed by atoms with Gasteiger partial charge in [-0.25, -0.2) is 0 Å². The zero-order valence-electron chi connectivity index (χ0n) is 23.6. The smallest absolute Gasteiger partial charge is 0.302 e. The molecule has 6 heteroatoms. The molecule has 0 amide bonds. The van der Waals surface area contributed by atoms with E-state index < -0.39 is 14.1 Å². The molecule has 4 aliphatic rings. The van der Waals surface area contributed by atoms with Crippen molar-refractivity contribution in [2.75, 3.05) is 13.2 Å². The van der Waals surface area contributed by atoms with Crippen LogP contribution in [0.5, 0.6) is 0 Å². The Hall–Kier alpha value is -0.693. The molecule has 0 radical (unpaired) electrons. The predicted octanol–water partition coefficient (Wildman–Crippen LogP) is 6.87. The molecule has 7 atom stereocenters. The van der Waals surface area contributed by atoms with Crippen LogP contribution in [-0.2, 0) is 23.4 Å². The first-order chi connectivity index (χ1) is 16.2. The maximum atomic E-state index is 12.4. The lowest BCUT2D eigenvalue weighted by Crippen LogP contribution is -2.58. The highest BCUT2D eigenvalue weighted by Crippen LogP contribution is 2.65. The first kappa shape index (κ1) is 27.3. The minimum atomic E-state index is -1.83. The molecule has 3 unspecified atom stereocenters. The SMILES string of the molecule is C=C[C@H]1CC(O[Si](C)(C)C(C)(C)C)CC[C@]1(C)C1CC[C@@]2(C)C(CCC23OCCO3)[C@@H]1OC(C)=O. The van der Waals surface area contributed by atoms with Crippen LogP contribution in [0, 0.1) is 28.6 Å². The summed E-state index contributed by atoms with van der Waals surface area (Å²) in [5.41, 5.74) is -0.0908. The van der Waals surface area contributed by atoms with Crippen molar-refractivity contribution >= 4 is 14.3 Å². The lowest BCUT2D eigenvalue weighted by molar-refractivity contribution is -0.252. The maximum absolute atomic E-state index is 12.4. The van der Waals surface area contributed by atoms with E-state index in [1.54, 1.807) is 6.92 Å². The number of hydrogen-bond donors (Lipinski definition) is 0. The van der Waals surface area contributed by atoms with E-state index in [9.17, 15) is 4.79 Å². The Morgan fingerprint density at radius 1 is 1.03 bits per heavy atom. The van der Waals surface area contributed by atoms with Gasteiger partial charge in [0.2, 0.25) is 0 Å². The van der Waals surface area contributed by atoms with Gasteiger partial charge in [0.05, 0.1) is 13.2 Å². The molecule has 4 rings (SSSR count). The lowest BCUT2D eigenvalue weighted by atomic mass is 9.51. The molecule has 3 saturated carbocycles. The van der Waals surface area contributed by atoms with Gasteiger partial charge in [-0.1, -0.05) is 40.7 Å². The zero-order valence-corrected chi connectivity index (χ0v) is 24.6. The molecule has 1 spiro atoms. The molecule has 0 aromatic heterocycles. The number of fused-ring (bicyclic) bond motifs is 2. The average molecular weight is 507 g/mol. The molecule has 1 saturated heterocycles. The summed E-state index contributed by atoms with van der Waals surface area (Å²) in [6.07, 6.45) is 9.43. The van der Waals surface area contributed by atoms with Crippen LogP contribution in [-0.4, -0.2) is 45.5 Å². The monoisotopic (exact) mass is 506 g/mol. The van der Waals surface area contributed by atoms with E-state index >= 15 is 0 Å². The molecule has 35 heavy (non-hydrogen) atoms. The molecule has 200 valence electrons. The van der Waals surface area contributed by atoms with Crippen LogP contribution in [0.2, 0.25) is 18.1 Å². The Bertz CT molecular complexity index is 812. The van der Waals surface area contributed by atoms with Crippen LogP contribution in [0.1, 0.15) is 86.5 Å². The third-order valence-electron chi connectivity index (χ3n) is 11.1. The van der Waals surface area contributed by atoms with E-state index in [0.717, 1.165) is 44.9 Å². The third kappa shape index (κ3) is 4.49. The van der Waals surface area contributed by atoms with E-state index in [1.165, 1.54) is 0 Å². The molecule has 1 aliphatic heterocycles. The molecule has 0 aromatic rings. The molecule has 0 N–H and O–H groups in total. The molecule has 3 aliphatic carbocycles. The number of hydrogen-bond acceptors (Lipinski definition) is 5. The number of carbonyl (C=O) groups excluding carboxylic acids is 1. The van der Waals surface area contributed by atoms with Crippen molar-refractivity contribution in [3.63, 3.8) is 0 Å². The van der Waals surface area contributed by atoms with Crippen LogP contribution in [0.3, 0.4) is 0 Å². The number of esters is 1. The summed E-state index contributed by atoms with van der Waals surface area (Å²) in [6.45, 7) is 23.6. The minimum Gasteiger partial charge on any atom is -0.462 e. The largest absolute Gasteiger partial charge is 0.462 e. The molecular weight excluding hydrogens is 456 g/mol. The first-order valence-electron chi connectivity index (χ1n) is 13.9. The van der Waals surface area contributed by atoms with Gasteiger partial charge in [-0.15, -0.1) is 6.58 Å². The number of rotatable bonds is 5. The molecule has 4 fully saturated rings. The summed E-state index contributed by atoms with van der Waals surface area (Å²) < 4.78 is 25.7. The highest BCUT2D eigenvalue weighted by atomic mass is 28.4. The molecule has 5 nitrogen and oxygen atoms in total. The Labute approximate surface area is 214 Å². The fraction of sp³-hybridized carbons (Fsp3) is 0.897. The standard InChI is InChI=1S/C29H50O5Si/c1-10-21-19-22(34-35(8,9)26(3,4)5)11-14-27(21,6)23-12-15-28(7)24(25(23)33-20(2)30)13-16-29(28)31-17-18-32-29/h10,21-25H,1,11-19H2,2-9H3/t21-,22?,23?,24?,25+,27-,28-/m0/s1. The minimum absolute atomic E-state index is 0.0314. The quantitative estimate of drug-likeness (QED) is 0.231. The summed E-state index contributed by atoms with van der Waals surface area (Å²) in [5.74, 6) is 0.221. The number of carbonyl (C=O) groups is 1. The normalized spacial score (nSPS) is 41.5. The molecule has 0 aromatic carbocycles. The highest BCUT2D eigenvalue weighted by Gasteiger charge is 2.67. The van der Waals surface area contributed by atoms with Gasteiger partial charge < -0.3 is 18.6 Å². The van der Waals surface area contributed by atoms with Crippen molar-refractivity contribution in [3.8, 4) is 0 Å². The Morgan fingerprint density at radius 3 is 2.23 bits per heavy atom. The highest BCUT2D eigenvalue weighted by molar-refractivity contribution is 6.74. The van der Waals surface area contributed by atoms with E-state index in [1.807, 2.05) is 0 Å². The van der Waals surface area contributed by atoms with Crippen LogP contribution in [0.25, 0.3) is 0 Å². The third-order valence-corrected chi connectivity index (χ3v) is 15.6. The van der Waals surface area contributed by atoms with E-state index in [-0.39, 0.29) is 40.0 Å². The van der Waals surface area contributed by atoms with Gasteiger partial charge in [-0.3, -0.25) is 4.79 Å². The van der Waals surface area contributed by atoms with E-state index in [4.69, 9.17) is 18.6 Å². The summed E-state index contributed by atoms with van der Waals surface area (Å²) in [6, 6.07) is 0. The van der Waals surface area contributed by atoms with Gasteiger partial charge in [0, 0.05) is 36.7 Å². The second-order valence-corrected chi connectivity index (χ2v) is 18.6. The van der Waals surface area contributed by atoms with Gasteiger partial charge in [0.15, 0.2) is 14.1 Å². The number of allylic oxidation sites excluding steroid dienone is 1. The van der Waals surface area contributed by atoms with Crippen LogP contribution in [0.15, 0.2) is 12.7 Å². The maximum Gasteiger partial charge on any atom is 0.302 e. The second-order valence-electron chi connectivity index (χ2n) is 13.9. The second kappa shape index (κ2) is 9.25. The predicted molar refractivity (Wildman–Crippen MR) is 141 cm³/mol. The van der Waals surface area contributed by atoms with Gasteiger partial charge in [-0.05, 0) is 68.0 Å². The number of ether oxygens (including phenoxy) is 3. The zero-order chi connectivity index (χ0) is 25.9. The Balaban J connectivity index is 1.58.